The molecule has 9 bridgehead atoms. The molecule has 8 aliphatic heterocycles. The third-order valence-corrected chi connectivity index (χ3v) is 24.0. The predicted molar refractivity (Wildman–Crippen MR) is 365 cm³/mol. The molecule has 4 aromatic rings. The topological polar surface area (TPSA) is 384 Å². The molecule has 19 atom stereocenters. The second-order valence-corrected chi connectivity index (χ2v) is 29.6. The number of carbonyl (C=O) groups is 4. The van der Waals surface area contributed by atoms with Crippen LogP contribution in [0.5, 0.6) is 11.5 Å². The van der Waals surface area contributed by atoms with Gasteiger partial charge >= 0.3 is 0 Å². The van der Waals surface area contributed by atoms with Gasteiger partial charge in [0.15, 0.2) is 28.7 Å². The molecule has 25 heteroatoms. The summed E-state index contributed by atoms with van der Waals surface area (Å²) in [6.07, 6.45) is -5.63. The number of ether oxygens (including phenoxy) is 5. The molecule has 0 radical (unpaired) electrons. The van der Waals surface area contributed by atoms with Gasteiger partial charge in [-0.2, -0.15) is 0 Å². The first kappa shape index (κ1) is 68.0. The normalized spacial score (nSPS) is 34.8. The Kier molecular flexibility index (Phi) is 18.2. The summed E-state index contributed by atoms with van der Waals surface area (Å²) in [7, 11) is 1.88. The SMILES string of the molecule is CNCc1cc2cc3c1CC1=C4CC[C@H]5CCC[C@@H]5N[C@@H]4C4=C(N)NCC=C4[C@]1(CO[C@@H]1[C@H]4Oc5c(cc6c(c5OC[C@H](O)CC=O)C(=O)c5cc(CO)ccc5C6=O)[C@H](c5ccccc5N5CN[C@H]6C(=O)N[C@@H](N)N[C@@H]65)[C@H]5CC[C@H](O)[C@H](C#C[C@](O)([C@H](COC5)O4)[C@H]1O)C2)[C@@H](O)[C@H]3CCO. The van der Waals surface area contributed by atoms with E-state index in [0.29, 0.717) is 59.8 Å². The van der Waals surface area contributed by atoms with Crippen molar-refractivity contribution in [1.82, 2.24) is 31.9 Å². The first-order valence-corrected chi connectivity index (χ1v) is 35.8. The Morgan fingerprint density at radius 1 is 0.931 bits per heavy atom. The minimum atomic E-state index is -2.59. The van der Waals surface area contributed by atoms with Crippen LogP contribution in [0.15, 0.2) is 94.9 Å². The van der Waals surface area contributed by atoms with E-state index in [1.807, 2.05) is 42.3 Å². The summed E-state index contributed by atoms with van der Waals surface area (Å²) in [6.45, 7) is -1.58. The molecule has 25 nitrogen and oxygen atoms in total. The second kappa shape index (κ2) is 27.0. The van der Waals surface area contributed by atoms with Crippen molar-refractivity contribution in [1.29, 1.82) is 0 Å². The van der Waals surface area contributed by atoms with Crippen LogP contribution in [0, 0.1) is 35.0 Å². The van der Waals surface area contributed by atoms with Crippen LogP contribution in [-0.2, 0) is 49.8 Å². The zero-order valence-corrected chi connectivity index (χ0v) is 56.3. The highest BCUT2D eigenvalue weighted by molar-refractivity contribution is 6.29. The maximum Gasteiger partial charge on any atom is 0.242 e. The van der Waals surface area contributed by atoms with E-state index >= 15 is 9.59 Å². The molecular formula is C76H89N9O16. The number of benzene rings is 4. The zero-order chi connectivity index (χ0) is 69.9. The number of hydrogen-bond donors (Lipinski definition) is 15. The van der Waals surface area contributed by atoms with E-state index in [-0.39, 0.29) is 109 Å². The molecule has 4 aromatic carbocycles. The van der Waals surface area contributed by atoms with E-state index in [0.717, 1.165) is 64.7 Å². The fourth-order valence-electron chi connectivity index (χ4n) is 19.2. The molecule has 4 saturated heterocycles. The molecule has 1 saturated carbocycles. The molecule has 4 aliphatic carbocycles. The van der Waals surface area contributed by atoms with Crippen molar-refractivity contribution in [2.45, 2.75) is 175 Å². The number of anilines is 1. The zero-order valence-electron chi connectivity index (χ0n) is 56.3. The van der Waals surface area contributed by atoms with Crippen molar-refractivity contribution in [2.75, 3.05) is 58.2 Å². The number of aliphatic hydroxyl groups is 7. The smallest absolute Gasteiger partial charge is 0.242 e. The van der Waals surface area contributed by atoms with Crippen LogP contribution in [0.25, 0.3) is 0 Å². The average Bonchev–Trinajstić information content (AvgIpc) is 1.64. The van der Waals surface area contributed by atoms with Crippen molar-refractivity contribution in [3.63, 3.8) is 0 Å². The lowest BCUT2D eigenvalue weighted by Gasteiger charge is -2.53. The van der Waals surface area contributed by atoms with Gasteiger partial charge in [0, 0.05) is 77.5 Å². The molecule has 1 spiro atoms. The first-order chi connectivity index (χ1) is 49.0. The summed E-state index contributed by atoms with van der Waals surface area (Å²) in [5.41, 5.74) is 17.8. The van der Waals surface area contributed by atoms with Crippen LogP contribution in [0.4, 0.5) is 5.69 Å². The lowest BCUT2D eigenvalue weighted by Crippen LogP contribution is -2.70. The number of nitrogens with two attached hydrogens (primary N) is 2. The van der Waals surface area contributed by atoms with Gasteiger partial charge in [0.1, 0.15) is 55.5 Å². The van der Waals surface area contributed by atoms with E-state index in [1.54, 1.807) is 12.1 Å². The number of fused-ring (bicyclic) bond motifs is 17. The first-order valence-electron chi connectivity index (χ1n) is 35.8. The highest BCUT2D eigenvalue weighted by Gasteiger charge is 2.62. The molecule has 1 amide bonds. The standard InChI is InChI=1S/C76H89N9O16/c1-79-29-41-24-37-23-39-15-19-76(96)57-33-97-31-40(11-14-56(39)90)58(46-6-2-3-8-55(46)85-35-81-62-71(85)83-74(78)84-72(62)95)51-27-50-59(64(92)49-25-36(30-88)9-12-43(49)63(50)91)66(98-32-42(89)17-21-86)65(51)101-73(100-57)67(69(76)94)99-34-75-52-16-20-80-70(77)60(52)61-45(13-10-38-5-4-7-54(38)82-61)53(75)28-47(41)48(26-37)44(18-22-87)68(75)93/h2-3,6,8-9,12,16,21,24-27,38-40,42,44,54,56-58,61-62,67-69,71,73-74,79-83,87-90,93-94,96H,4-5,7,10-11,13-14,17-18,20,22-23,28-35,77-78H2,1H3,(H,84,95)/t38-,39-,40+,42-,44+,54+,56+,57+,58+,61+,62-,67+,68+,69+,71-,73-,74+,75+,76+/m1/s1. The van der Waals surface area contributed by atoms with Crippen LogP contribution >= 0.6 is 0 Å². The Labute approximate surface area is 584 Å². The van der Waals surface area contributed by atoms with E-state index in [1.165, 1.54) is 12.1 Å². The Hall–Kier alpha value is -7.46. The number of carbonyl (C=O) groups excluding carboxylic acids is 4. The third kappa shape index (κ3) is 11.3. The Balaban J connectivity index is 0.975. The average molecular weight is 1380 g/mol. The molecule has 16 rings (SSSR count). The number of ketones is 2. The van der Waals surface area contributed by atoms with Crippen LogP contribution in [0.2, 0.25) is 0 Å². The maximum absolute atomic E-state index is 15.8. The lowest BCUT2D eigenvalue weighted by molar-refractivity contribution is -0.311. The Bertz CT molecular complexity index is 4190. The number of amides is 1. The fourth-order valence-corrected chi connectivity index (χ4v) is 19.2. The van der Waals surface area contributed by atoms with Gasteiger partial charge in [-0.15, -0.1) is 0 Å². The van der Waals surface area contributed by atoms with Gasteiger partial charge in [-0.1, -0.05) is 60.7 Å². The summed E-state index contributed by atoms with van der Waals surface area (Å²) in [5.74, 6) is 1.41. The van der Waals surface area contributed by atoms with Crippen LogP contribution in [0.3, 0.4) is 0 Å². The number of aldehydes is 1. The molecule has 534 valence electrons. The van der Waals surface area contributed by atoms with Crippen molar-refractivity contribution in [3.8, 4) is 23.3 Å². The number of nitrogens with one attached hydrogen (secondary N) is 6. The molecule has 0 unspecified atom stereocenters. The summed E-state index contributed by atoms with van der Waals surface area (Å²) >= 11 is 0. The van der Waals surface area contributed by atoms with Gasteiger partial charge in [0.25, 0.3) is 0 Å². The second-order valence-electron chi connectivity index (χ2n) is 29.6. The van der Waals surface area contributed by atoms with E-state index < -0.39 is 141 Å². The molecular weight excluding hydrogens is 1290 g/mol. The number of hydrogen-bond acceptors (Lipinski definition) is 24. The number of nitrogens with zero attached hydrogens (tertiary/aromatic N) is 1. The minimum absolute atomic E-state index is 0.0266. The molecule has 17 N–H and O–H groups in total. The summed E-state index contributed by atoms with van der Waals surface area (Å²) in [4.78, 5) is 59.4. The predicted octanol–water partition coefficient (Wildman–Crippen LogP) is 0.716. The maximum atomic E-state index is 15.8. The van der Waals surface area contributed by atoms with Crippen molar-refractivity contribution in [3.05, 3.63) is 156 Å². The molecule has 8 heterocycles. The summed E-state index contributed by atoms with van der Waals surface area (Å²) < 4.78 is 36.1. The molecule has 0 aromatic heterocycles. The molecule has 5 fully saturated rings. The Morgan fingerprint density at radius 2 is 1.78 bits per heavy atom. The van der Waals surface area contributed by atoms with Crippen LogP contribution in [-0.4, -0.2) is 192 Å². The van der Waals surface area contributed by atoms with Gasteiger partial charge in [-0.3, -0.25) is 30.8 Å². The van der Waals surface area contributed by atoms with Crippen molar-refractivity contribution >= 4 is 29.4 Å². The van der Waals surface area contributed by atoms with Gasteiger partial charge in [-0.05, 0) is 151 Å². The van der Waals surface area contributed by atoms with Crippen molar-refractivity contribution < 1.29 is 78.6 Å². The largest absolute Gasteiger partial charge is 0.486 e. The molecule has 101 heavy (non-hydrogen) atoms. The van der Waals surface area contributed by atoms with Gasteiger partial charge in [0.05, 0.1) is 74.3 Å². The Morgan fingerprint density at radius 3 is 2.60 bits per heavy atom. The summed E-state index contributed by atoms with van der Waals surface area (Å²) in [6, 6.07) is 16.8. The lowest BCUT2D eigenvalue weighted by atomic mass is 9.57. The van der Waals surface area contributed by atoms with Gasteiger partial charge in [-0.25, -0.2) is 0 Å². The van der Waals surface area contributed by atoms with Gasteiger partial charge in [0.2, 0.25) is 12.2 Å². The fraction of sp³-hybridized carbons (Fsp3) is 0.526. The highest BCUT2D eigenvalue weighted by atomic mass is 16.7. The van der Waals surface area contributed by atoms with Gasteiger partial charge < -0.3 is 96.1 Å². The quantitative estimate of drug-likeness (QED) is 0.0465. The number of rotatable bonds is 12. The van der Waals surface area contributed by atoms with E-state index in [2.05, 4.69) is 55.9 Å². The van der Waals surface area contributed by atoms with E-state index in [4.69, 9.17) is 35.2 Å². The van der Waals surface area contributed by atoms with Crippen LogP contribution in [0.1, 0.15) is 140 Å². The highest BCUT2D eigenvalue weighted by Crippen LogP contribution is 2.61. The van der Waals surface area contributed by atoms with Crippen molar-refractivity contribution in [2.24, 2.45) is 34.6 Å². The number of para-hydroxylation sites is 1. The number of dihydropyridines is 1. The van der Waals surface area contributed by atoms with Crippen LogP contribution < -0.4 is 57.7 Å². The minimum Gasteiger partial charge on any atom is -0.486 e. The monoisotopic (exact) mass is 1380 g/mol. The third-order valence-electron chi connectivity index (χ3n) is 24.0. The molecule has 12 aliphatic rings. The summed E-state index contributed by atoms with van der Waals surface area (Å²) in [5, 5.41) is 109. The number of aliphatic hydroxyl groups excluding tert-OH is 6. The van der Waals surface area contributed by atoms with E-state index in [9.17, 15) is 45.3 Å².